The molecule has 20 heavy (non-hydrogen) atoms. The lowest BCUT2D eigenvalue weighted by Crippen LogP contribution is -2.31. The molecule has 2 saturated heterocycles. The standard InChI is InChI=1S/C15H18O4S/c1-15(2)18-12-9-17-13(8-11(16)14(12)19-15)20-10-6-4-3-5-7-10/h3-7,12-14H,8-9H2,1-2H3/t12-,13+,14+/m1/s1. The summed E-state index contributed by atoms with van der Waals surface area (Å²) in [6.07, 6.45) is -0.439. The van der Waals surface area contributed by atoms with Gasteiger partial charge in [-0.15, -0.1) is 0 Å². The first-order chi connectivity index (χ1) is 9.53. The Hall–Kier alpha value is -0.880. The van der Waals surface area contributed by atoms with Gasteiger partial charge in [0.2, 0.25) is 0 Å². The number of thioether (sulfide) groups is 1. The number of carbonyl (C=O) groups excluding carboxylic acids is 1. The number of carbonyl (C=O) groups is 1. The Balaban J connectivity index is 1.67. The van der Waals surface area contributed by atoms with E-state index in [4.69, 9.17) is 14.2 Å². The number of hydrogen-bond acceptors (Lipinski definition) is 5. The van der Waals surface area contributed by atoms with Gasteiger partial charge in [-0.25, -0.2) is 0 Å². The molecular weight excluding hydrogens is 276 g/mol. The summed E-state index contributed by atoms with van der Waals surface area (Å²) >= 11 is 1.57. The summed E-state index contributed by atoms with van der Waals surface area (Å²) < 4.78 is 17.2. The van der Waals surface area contributed by atoms with Crippen LogP contribution in [0.25, 0.3) is 0 Å². The highest BCUT2D eigenvalue weighted by Crippen LogP contribution is 2.35. The zero-order valence-corrected chi connectivity index (χ0v) is 12.4. The highest BCUT2D eigenvalue weighted by molar-refractivity contribution is 7.99. The van der Waals surface area contributed by atoms with Crippen LogP contribution in [0.4, 0.5) is 0 Å². The summed E-state index contributed by atoms with van der Waals surface area (Å²) in [5, 5.41) is 0. The van der Waals surface area contributed by atoms with Crippen LogP contribution in [0, 0.1) is 0 Å². The molecule has 4 nitrogen and oxygen atoms in total. The van der Waals surface area contributed by atoms with Gasteiger partial charge in [-0.2, -0.15) is 0 Å². The topological polar surface area (TPSA) is 44.8 Å². The molecular formula is C15H18O4S. The second-order valence-electron chi connectivity index (χ2n) is 5.46. The van der Waals surface area contributed by atoms with Gasteiger partial charge in [-0.1, -0.05) is 30.0 Å². The van der Waals surface area contributed by atoms with Crippen molar-refractivity contribution in [2.24, 2.45) is 0 Å². The highest BCUT2D eigenvalue weighted by atomic mass is 32.2. The first-order valence-electron chi connectivity index (χ1n) is 6.75. The number of ketones is 1. The SMILES string of the molecule is CC1(C)O[C@@H]2CO[C@@H](Sc3ccccc3)CC(=O)[C@@H]2O1. The minimum Gasteiger partial charge on any atom is -0.364 e. The monoisotopic (exact) mass is 294 g/mol. The molecule has 0 radical (unpaired) electrons. The van der Waals surface area contributed by atoms with Crippen molar-refractivity contribution in [1.29, 1.82) is 0 Å². The summed E-state index contributed by atoms with van der Waals surface area (Å²) in [6, 6.07) is 9.95. The molecule has 2 heterocycles. The maximum absolute atomic E-state index is 12.3. The molecule has 2 aliphatic heterocycles. The molecule has 1 aromatic carbocycles. The molecule has 1 aromatic rings. The third-order valence-electron chi connectivity index (χ3n) is 3.33. The number of ether oxygens (including phenoxy) is 3. The summed E-state index contributed by atoms with van der Waals surface area (Å²) in [6.45, 7) is 4.04. The molecule has 0 aliphatic carbocycles. The summed E-state index contributed by atoms with van der Waals surface area (Å²) in [4.78, 5) is 13.4. The molecule has 0 spiro atoms. The van der Waals surface area contributed by atoms with Crippen molar-refractivity contribution in [3.8, 4) is 0 Å². The molecule has 0 amide bonds. The van der Waals surface area contributed by atoms with Gasteiger partial charge in [0, 0.05) is 11.3 Å². The van der Waals surface area contributed by atoms with E-state index in [1.54, 1.807) is 11.8 Å². The third-order valence-corrected chi connectivity index (χ3v) is 4.44. The first kappa shape index (κ1) is 14.1. The van der Waals surface area contributed by atoms with Crippen molar-refractivity contribution in [3.63, 3.8) is 0 Å². The Kier molecular flexibility index (Phi) is 3.86. The lowest BCUT2D eigenvalue weighted by molar-refractivity contribution is -0.160. The molecule has 0 saturated carbocycles. The minimum absolute atomic E-state index is 0.0616. The van der Waals surface area contributed by atoms with Crippen LogP contribution in [0.1, 0.15) is 20.3 Å². The van der Waals surface area contributed by atoms with Gasteiger partial charge in [0.25, 0.3) is 0 Å². The van der Waals surface area contributed by atoms with Crippen molar-refractivity contribution in [2.75, 3.05) is 6.61 Å². The predicted octanol–water partition coefficient (Wildman–Crippen LogP) is 2.61. The van der Waals surface area contributed by atoms with Gasteiger partial charge in [0.1, 0.15) is 17.6 Å². The second kappa shape index (κ2) is 5.48. The molecule has 0 N–H and O–H groups in total. The van der Waals surface area contributed by atoms with Gasteiger partial charge in [-0.05, 0) is 26.0 Å². The van der Waals surface area contributed by atoms with E-state index in [1.165, 1.54) is 0 Å². The zero-order chi connectivity index (χ0) is 14.2. The van der Waals surface area contributed by atoms with E-state index in [1.807, 2.05) is 44.2 Å². The molecule has 0 bridgehead atoms. The van der Waals surface area contributed by atoms with Crippen LogP contribution in [0.5, 0.6) is 0 Å². The van der Waals surface area contributed by atoms with Crippen LogP contribution < -0.4 is 0 Å². The molecule has 0 unspecified atom stereocenters. The highest BCUT2D eigenvalue weighted by Gasteiger charge is 2.47. The molecule has 108 valence electrons. The fourth-order valence-corrected chi connectivity index (χ4v) is 3.51. The Labute approximate surface area is 122 Å². The third kappa shape index (κ3) is 3.06. The first-order valence-corrected chi connectivity index (χ1v) is 7.63. The summed E-state index contributed by atoms with van der Waals surface area (Å²) in [5.74, 6) is -0.639. The average Bonchev–Trinajstić information content (AvgIpc) is 2.65. The van der Waals surface area contributed by atoms with Crippen molar-refractivity contribution in [2.45, 2.75) is 48.6 Å². The predicted molar refractivity (Wildman–Crippen MR) is 75.5 cm³/mol. The van der Waals surface area contributed by atoms with Crippen LogP contribution in [-0.4, -0.2) is 35.8 Å². The van der Waals surface area contributed by atoms with Gasteiger partial charge in [0.15, 0.2) is 11.6 Å². The largest absolute Gasteiger partial charge is 0.364 e. The van der Waals surface area contributed by atoms with E-state index in [0.717, 1.165) is 4.90 Å². The Morgan fingerprint density at radius 3 is 2.70 bits per heavy atom. The van der Waals surface area contributed by atoms with Crippen LogP contribution in [-0.2, 0) is 19.0 Å². The summed E-state index contributed by atoms with van der Waals surface area (Å²) in [5.41, 5.74) is -0.175. The van der Waals surface area contributed by atoms with E-state index < -0.39 is 11.9 Å². The fraction of sp³-hybridized carbons (Fsp3) is 0.533. The van der Waals surface area contributed by atoms with Crippen molar-refractivity contribution in [3.05, 3.63) is 30.3 Å². The van der Waals surface area contributed by atoms with Crippen molar-refractivity contribution in [1.82, 2.24) is 0 Å². The van der Waals surface area contributed by atoms with Crippen LogP contribution in [0.3, 0.4) is 0 Å². The van der Waals surface area contributed by atoms with Crippen LogP contribution >= 0.6 is 11.8 Å². The minimum atomic E-state index is -0.701. The van der Waals surface area contributed by atoms with Gasteiger partial charge < -0.3 is 14.2 Å². The van der Waals surface area contributed by atoms with E-state index in [-0.39, 0.29) is 17.3 Å². The van der Waals surface area contributed by atoms with Crippen molar-refractivity contribution >= 4 is 17.5 Å². The number of Topliss-reactive ketones (excluding diaryl/α,β-unsaturated/α-hetero) is 1. The van der Waals surface area contributed by atoms with Gasteiger partial charge in [0.05, 0.1) is 6.61 Å². The smallest absolute Gasteiger partial charge is 0.167 e. The number of hydrogen-bond donors (Lipinski definition) is 0. The lowest BCUT2D eigenvalue weighted by Gasteiger charge is -2.19. The maximum atomic E-state index is 12.3. The zero-order valence-electron chi connectivity index (χ0n) is 11.6. The second-order valence-corrected chi connectivity index (χ2v) is 6.69. The number of benzene rings is 1. The molecule has 2 aliphatic rings. The molecule has 0 aromatic heterocycles. The van der Waals surface area contributed by atoms with E-state index >= 15 is 0 Å². The summed E-state index contributed by atoms with van der Waals surface area (Å²) in [7, 11) is 0. The normalized spacial score (nSPS) is 32.7. The Morgan fingerprint density at radius 2 is 1.95 bits per heavy atom. The Morgan fingerprint density at radius 1 is 1.20 bits per heavy atom. The van der Waals surface area contributed by atoms with E-state index in [2.05, 4.69) is 0 Å². The lowest BCUT2D eigenvalue weighted by atomic mass is 10.1. The molecule has 5 heteroatoms. The average molecular weight is 294 g/mol. The van der Waals surface area contributed by atoms with Gasteiger partial charge >= 0.3 is 0 Å². The molecule has 3 rings (SSSR count). The molecule has 2 fully saturated rings. The quantitative estimate of drug-likeness (QED) is 0.839. The van der Waals surface area contributed by atoms with Gasteiger partial charge in [-0.3, -0.25) is 4.79 Å². The van der Waals surface area contributed by atoms with E-state index in [0.29, 0.717) is 13.0 Å². The van der Waals surface area contributed by atoms with Crippen LogP contribution in [0.2, 0.25) is 0 Å². The number of fused-ring (bicyclic) bond motifs is 1. The van der Waals surface area contributed by atoms with Crippen LogP contribution in [0.15, 0.2) is 35.2 Å². The van der Waals surface area contributed by atoms with E-state index in [9.17, 15) is 4.79 Å². The molecule has 3 atom stereocenters. The number of rotatable bonds is 2. The fourth-order valence-electron chi connectivity index (χ4n) is 2.50. The Bertz CT molecular complexity index is 488. The van der Waals surface area contributed by atoms with Crippen molar-refractivity contribution < 1.29 is 19.0 Å². The maximum Gasteiger partial charge on any atom is 0.167 e.